The van der Waals surface area contributed by atoms with Crippen LogP contribution in [0.5, 0.6) is 0 Å². The molecule has 0 spiro atoms. The fraction of sp³-hybridized carbons (Fsp3) is 0.300. The highest BCUT2D eigenvalue weighted by Crippen LogP contribution is 3.02. The molecule has 0 aliphatic rings. The van der Waals surface area contributed by atoms with Gasteiger partial charge in [-0.15, -0.1) is 0 Å². The lowest BCUT2D eigenvalue weighted by atomic mass is 10.0. The van der Waals surface area contributed by atoms with Crippen molar-refractivity contribution in [2.45, 2.75) is 32.3 Å². The van der Waals surface area contributed by atoms with Gasteiger partial charge in [-0.05, 0) is 61.7 Å². The van der Waals surface area contributed by atoms with Crippen molar-refractivity contribution in [2.75, 3.05) is 13.6 Å². The summed E-state index contributed by atoms with van der Waals surface area (Å²) in [4.78, 5) is 16.6. The van der Waals surface area contributed by atoms with Gasteiger partial charge in [-0.25, -0.2) is 9.79 Å². The second-order valence-corrected chi connectivity index (χ2v) is 9.30. The zero-order valence-electron chi connectivity index (χ0n) is 17.0. The van der Waals surface area contributed by atoms with Gasteiger partial charge in [-0.1, -0.05) is 31.6 Å². The van der Waals surface area contributed by atoms with E-state index in [2.05, 4.69) is 4.99 Å². The Hall–Kier alpha value is -2.62. The molecule has 2 rings (SSSR count). The molecule has 0 unspecified atom stereocenters. The quantitative estimate of drug-likeness (QED) is 0.199. The molecule has 0 saturated carbocycles. The first-order valence-corrected chi connectivity index (χ1v) is 10.9. The minimum atomic E-state index is -9.80. The zero-order valence-corrected chi connectivity index (χ0v) is 17.8. The Labute approximate surface area is 172 Å². The van der Waals surface area contributed by atoms with Gasteiger partial charge in [0.2, 0.25) is 0 Å². The van der Waals surface area contributed by atoms with Crippen LogP contribution in [-0.2, 0) is 11.3 Å². The average molecular weight is 450 g/mol. The summed E-state index contributed by atoms with van der Waals surface area (Å²) in [5, 5.41) is 0. The van der Waals surface area contributed by atoms with Crippen LogP contribution in [0.25, 0.3) is 0 Å². The van der Waals surface area contributed by atoms with Crippen LogP contribution in [0.1, 0.15) is 34.0 Å². The summed E-state index contributed by atoms with van der Waals surface area (Å²) in [5.74, 6) is -0.769. The molecule has 0 radical (unpaired) electrons. The second kappa shape index (κ2) is 7.57. The number of halogens is 5. The van der Waals surface area contributed by atoms with Crippen LogP contribution in [0, 0.1) is 13.8 Å². The SMILES string of the molecule is CCN(C)C=Nc1ccc(C(=O)OCc2cccc(S(F)(F)(F)(F)F)c2)c(C)c1C. The highest BCUT2D eigenvalue weighted by molar-refractivity contribution is 8.45. The number of nitrogens with zero attached hydrogens (tertiary/aromatic N) is 2. The summed E-state index contributed by atoms with van der Waals surface area (Å²) >= 11 is 0. The molecule has 4 nitrogen and oxygen atoms in total. The maximum Gasteiger partial charge on any atom is 0.338 e. The number of carbonyl (C=O) groups is 1. The van der Waals surface area contributed by atoms with Crippen LogP contribution in [-0.4, -0.2) is 30.8 Å². The lowest BCUT2D eigenvalue weighted by Gasteiger charge is -2.40. The molecule has 10 heteroatoms. The Kier molecular flexibility index (Phi) is 5.97. The predicted molar refractivity (Wildman–Crippen MR) is 109 cm³/mol. The van der Waals surface area contributed by atoms with Crippen molar-refractivity contribution in [2.24, 2.45) is 4.99 Å². The molecule has 166 valence electrons. The molecule has 0 heterocycles. The molecule has 2 aromatic rings. The van der Waals surface area contributed by atoms with E-state index in [1.807, 2.05) is 18.9 Å². The van der Waals surface area contributed by atoms with Crippen molar-refractivity contribution in [3.63, 3.8) is 0 Å². The van der Waals surface area contributed by atoms with E-state index < -0.39 is 27.7 Å². The van der Waals surface area contributed by atoms with Crippen molar-refractivity contribution in [3.8, 4) is 0 Å². The van der Waals surface area contributed by atoms with Gasteiger partial charge in [0.15, 0.2) is 0 Å². The molecule has 2 aromatic carbocycles. The number of benzene rings is 2. The Bertz CT molecular complexity index is 991. The van der Waals surface area contributed by atoms with Gasteiger partial charge in [0, 0.05) is 13.6 Å². The average Bonchev–Trinajstić information content (AvgIpc) is 2.65. The first-order valence-electron chi connectivity index (χ1n) is 8.97. The van der Waals surface area contributed by atoms with Gasteiger partial charge in [0.1, 0.15) is 11.5 Å². The third-order valence-electron chi connectivity index (χ3n) is 4.59. The van der Waals surface area contributed by atoms with Crippen molar-refractivity contribution in [1.82, 2.24) is 4.90 Å². The number of ether oxygens (including phenoxy) is 1. The molecule has 0 amide bonds. The highest BCUT2D eigenvalue weighted by atomic mass is 32.5. The van der Waals surface area contributed by atoms with Gasteiger partial charge in [-0.2, -0.15) is 0 Å². The van der Waals surface area contributed by atoms with Gasteiger partial charge >= 0.3 is 16.2 Å². The fourth-order valence-corrected chi connectivity index (χ4v) is 3.22. The molecule has 0 aliphatic heterocycles. The maximum absolute atomic E-state index is 12.9. The number of esters is 1. The third-order valence-corrected chi connectivity index (χ3v) is 5.73. The highest BCUT2D eigenvalue weighted by Gasteiger charge is 2.65. The molecule has 0 N–H and O–H groups in total. The summed E-state index contributed by atoms with van der Waals surface area (Å²) in [6.45, 7) is 5.65. The molecule has 0 saturated heterocycles. The topological polar surface area (TPSA) is 41.9 Å². The first kappa shape index (κ1) is 23.7. The summed E-state index contributed by atoms with van der Waals surface area (Å²) in [6, 6.07) is 5.78. The van der Waals surface area contributed by atoms with Crippen molar-refractivity contribution in [1.29, 1.82) is 0 Å². The van der Waals surface area contributed by atoms with Gasteiger partial charge in [-0.3, -0.25) is 0 Å². The van der Waals surface area contributed by atoms with Gasteiger partial charge in [0.05, 0.1) is 17.6 Å². The minimum Gasteiger partial charge on any atom is -0.457 e. The van der Waals surface area contributed by atoms with E-state index in [1.165, 1.54) is 12.1 Å². The molecule has 30 heavy (non-hydrogen) atoms. The Morgan fingerprint density at radius 3 is 2.37 bits per heavy atom. The van der Waals surface area contributed by atoms with Crippen LogP contribution >= 0.6 is 10.2 Å². The summed E-state index contributed by atoms with van der Waals surface area (Å²) in [5.41, 5.74) is 2.04. The first-order chi connectivity index (χ1) is 13.6. The number of rotatable bonds is 7. The third kappa shape index (κ3) is 5.94. The summed E-state index contributed by atoms with van der Waals surface area (Å²) in [7, 11) is -7.93. The minimum absolute atomic E-state index is 0.188. The van der Waals surface area contributed by atoms with Crippen LogP contribution in [0.2, 0.25) is 0 Å². The normalized spacial score (nSPS) is 14.3. The lowest BCUT2D eigenvalue weighted by Crippen LogP contribution is -2.14. The Balaban J connectivity index is 2.18. The van der Waals surface area contributed by atoms with E-state index in [0.29, 0.717) is 23.4 Å². The Morgan fingerprint density at radius 2 is 1.77 bits per heavy atom. The zero-order chi connectivity index (χ0) is 22.8. The summed E-state index contributed by atoms with van der Waals surface area (Å²) < 4.78 is 69.8. The number of hydrogen-bond acceptors (Lipinski definition) is 3. The standard InChI is InChI=1S/C20H23F5N2O2S/c1-5-27(4)13-26-19-10-9-18(14(2)15(19)3)20(28)29-12-16-7-6-8-17(11-16)30(21,22,23,24)25/h6-11,13H,5,12H2,1-4H3. The fourth-order valence-electron chi connectivity index (χ4n) is 2.51. The maximum atomic E-state index is 12.9. The predicted octanol–water partition coefficient (Wildman–Crippen LogP) is 6.93. The lowest BCUT2D eigenvalue weighted by molar-refractivity contribution is 0.0471. The van der Waals surface area contributed by atoms with E-state index in [4.69, 9.17) is 4.74 Å². The van der Waals surface area contributed by atoms with E-state index in [1.54, 1.807) is 26.3 Å². The van der Waals surface area contributed by atoms with Gasteiger partial charge < -0.3 is 9.64 Å². The molecular weight excluding hydrogens is 427 g/mol. The Morgan fingerprint density at radius 1 is 1.10 bits per heavy atom. The second-order valence-electron chi connectivity index (χ2n) is 6.89. The van der Waals surface area contributed by atoms with E-state index in [-0.39, 0.29) is 11.1 Å². The molecule has 0 aromatic heterocycles. The number of aliphatic imine (C=N–C) groups is 1. The van der Waals surface area contributed by atoms with Crippen LogP contribution in [0.3, 0.4) is 0 Å². The molecular formula is C20H23F5N2O2S. The summed E-state index contributed by atoms with van der Waals surface area (Å²) in [6.07, 6.45) is 1.66. The molecule has 0 atom stereocenters. The monoisotopic (exact) mass is 450 g/mol. The van der Waals surface area contributed by atoms with Crippen molar-refractivity contribution < 1.29 is 29.0 Å². The molecule has 0 bridgehead atoms. The number of carbonyl (C=O) groups excluding carboxylic acids is 1. The largest absolute Gasteiger partial charge is 0.457 e. The molecule has 0 fully saturated rings. The molecule has 0 aliphatic carbocycles. The van der Waals surface area contributed by atoms with Gasteiger partial charge in [0.25, 0.3) is 0 Å². The van der Waals surface area contributed by atoms with Crippen molar-refractivity contribution in [3.05, 3.63) is 58.7 Å². The number of hydrogen-bond donors (Lipinski definition) is 0. The smallest absolute Gasteiger partial charge is 0.338 e. The van der Waals surface area contributed by atoms with E-state index in [9.17, 15) is 24.2 Å². The van der Waals surface area contributed by atoms with Crippen LogP contribution in [0.15, 0.2) is 46.3 Å². The van der Waals surface area contributed by atoms with Crippen LogP contribution in [0.4, 0.5) is 25.1 Å². The van der Waals surface area contributed by atoms with E-state index in [0.717, 1.165) is 18.2 Å². The van der Waals surface area contributed by atoms with E-state index >= 15 is 0 Å². The van der Waals surface area contributed by atoms with Crippen LogP contribution < -0.4 is 0 Å². The van der Waals surface area contributed by atoms with Crippen molar-refractivity contribution >= 4 is 28.2 Å².